The first-order valence-electron chi connectivity index (χ1n) is 4.58. The topological polar surface area (TPSA) is 43.4 Å². The van der Waals surface area contributed by atoms with Crippen LogP contribution in [0.3, 0.4) is 0 Å². The van der Waals surface area contributed by atoms with Crippen LogP contribution >= 0.6 is 0 Å². The molecule has 0 fully saturated rings. The summed E-state index contributed by atoms with van der Waals surface area (Å²) in [5.41, 5.74) is -1.69. The third kappa shape index (κ3) is 2.83. The molecule has 0 radical (unpaired) electrons. The first kappa shape index (κ1) is 13.2. The van der Waals surface area contributed by atoms with E-state index in [1.807, 2.05) is 0 Å². The standard InChI is InChI=1S/C11H9F3O3/c1-6(15)8-5-7(10(16)17-2)3-4-9(8)11(12,13)14/h3-5H,1-2H3. The van der Waals surface area contributed by atoms with E-state index in [0.29, 0.717) is 6.07 Å². The molecule has 1 aromatic rings. The first-order chi connectivity index (χ1) is 7.77. The molecule has 1 rings (SSSR count). The van der Waals surface area contributed by atoms with Crippen LogP contribution < -0.4 is 0 Å². The molecule has 0 unspecified atom stereocenters. The number of hydrogen-bond donors (Lipinski definition) is 0. The van der Waals surface area contributed by atoms with Crippen molar-refractivity contribution in [1.29, 1.82) is 0 Å². The van der Waals surface area contributed by atoms with Crippen molar-refractivity contribution in [2.24, 2.45) is 0 Å². The van der Waals surface area contributed by atoms with Gasteiger partial charge in [-0.25, -0.2) is 4.79 Å². The van der Waals surface area contributed by atoms with Gasteiger partial charge in [0.1, 0.15) is 0 Å². The van der Waals surface area contributed by atoms with E-state index < -0.39 is 29.1 Å². The predicted octanol–water partition coefficient (Wildman–Crippen LogP) is 2.69. The Bertz CT molecular complexity index is 464. The Labute approximate surface area is 95.2 Å². The summed E-state index contributed by atoms with van der Waals surface area (Å²) in [4.78, 5) is 22.3. The average molecular weight is 246 g/mol. The Morgan fingerprint density at radius 2 is 1.82 bits per heavy atom. The van der Waals surface area contributed by atoms with Crippen molar-refractivity contribution < 1.29 is 27.5 Å². The fraction of sp³-hybridized carbons (Fsp3) is 0.273. The number of ketones is 1. The minimum absolute atomic E-state index is 0.0919. The van der Waals surface area contributed by atoms with Gasteiger partial charge in [-0.15, -0.1) is 0 Å². The molecule has 17 heavy (non-hydrogen) atoms. The third-order valence-corrected chi connectivity index (χ3v) is 2.13. The van der Waals surface area contributed by atoms with Crippen LogP contribution in [0.1, 0.15) is 33.2 Å². The molecule has 0 aliphatic carbocycles. The number of Topliss-reactive ketones (excluding diaryl/α,β-unsaturated/α-hetero) is 1. The number of halogens is 3. The smallest absolute Gasteiger partial charge is 0.417 e. The van der Waals surface area contributed by atoms with E-state index in [2.05, 4.69) is 4.74 Å². The molecule has 3 nitrogen and oxygen atoms in total. The van der Waals surface area contributed by atoms with Crippen molar-refractivity contribution in [2.45, 2.75) is 13.1 Å². The van der Waals surface area contributed by atoms with Crippen LogP contribution in [0, 0.1) is 0 Å². The van der Waals surface area contributed by atoms with E-state index in [1.165, 1.54) is 0 Å². The summed E-state index contributed by atoms with van der Waals surface area (Å²) in [6.45, 7) is 1.01. The van der Waals surface area contributed by atoms with Gasteiger partial charge in [0, 0.05) is 5.56 Å². The van der Waals surface area contributed by atoms with E-state index in [0.717, 1.165) is 26.2 Å². The van der Waals surface area contributed by atoms with Gasteiger partial charge in [0.2, 0.25) is 0 Å². The van der Waals surface area contributed by atoms with Gasteiger partial charge in [-0.1, -0.05) is 0 Å². The second-order valence-corrected chi connectivity index (χ2v) is 3.31. The summed E-state index contributed by atoms with van der Waals surface area (Å²) in [7, 11) is 1.10. The van der Waals surface area contributed by atoms with Gasteiger partial charge in [-0.3, -0.25) is 4.79 Å². The zero-order chi connectivity index (χ0) is 13.2. The molecule has 0 saturated carbocycles. The van der Waals surface area contributed by atoms with Crippen molar-refractivity contribution in [3.05, 3.63) is 34.9 Å². The van der Waals surface area contributed by atoms with Crippen LogP contribution in [0.25, 0.3) is 0 Å². The number of carbonyl (C=O) groups is 2. The highest BCUT2D eigenvalue weighted by atomic mass is 19.4. The number of hydrogen-bond acceptors (Lipinski definition) is 3. The second kappa shape index (κ2) is 4.57. The largest absolute Gasteiger partial charge is 0.465 e. The molecule has 0 saturated heterocycles. The lowest BCUT2D eigenvalue weighted by Gasteiger charge is -2.11. The summed E-state index contributed by atoms with van der Waals surface area (Å²) in [5, 5.41) is 0. The van der Waals surface area contributed by atoms with E-state index in [4.69, 9.17) is 0 Å². The monoisotopic (exact) mass is 246 g/mol. The summed E-state index contributed by atoms with van der Waals surface area (Å²) < 4.78 is 42.0. The molecule has 0 aliphatic heterocycles. The summed E-state index contributed by atoms with van der Waals surface area (Å²) >= 11 is 0. The zero-order valence-electron chi connectivity index (χ0n) is 9.09. The molecule has 0 atom stereocenters. The van der Waals surface area contributed by atoms with Gasteiger partial charge in [0.25, 0.3) is 0 Å². The van der Waals surface area contributed by atoms with Crippen molar-refractivity contribution >= 4 is 11.8 Å². The fourth-order valence-corrected chi connectivity index (χ4v) is 1.33. The highest BCUT2D eigenvalue weighted by Gasteiger charge is 2.34. The molecule has 0 N–H and O–H groups in total. The van der Waals surface area contributed by atoms with E-state index in [9.17, 15) is 22.8 Å². The van der Waals surface area contributed by atoms with Gasteiger partial charge in [0.05, 0.1) is 18.2 Å². The van der Waals surface area contributed by atoms with Crippen LogP contribution in [-0.4, -0.2) is 18.9 Å². The second-order valence-electron chi connectivity index (χ2n) is 3.31. The van der Waals surface area contributed by atoms with Gasteiger partial charge < -0.3 is 4.74 Å². The number of alkyl halides is 3. The van der Waals surface area contributed by atoms with E-state index in [1.54, 1.807) is 0 Å². The molecule has 0 aromatic heterocycles. The SMILES string of the molecule is COC(=O)c1ccc(C(F)(F)F)c(C(C)=O)c1. The fourth-order valence-electron chi connectivity index (χ4n) is 1.33. The maximum atomic E-state index is 12.6. The quantitative estimate of drug-likeness (QED) is 0.595. The molecular weight excluding hydrogens is 237 g/mol. The van der Waals surface area contributed by atoms with Crippen LogP contribution in [0.2, 0.25) is 0 Å². The first-order valence-corrected chi connectivity index (χ1v) is 4.58. The molecule has 0 bridgehead atoms. The van der Waals surface area contributed by atoms with Crippen molar-refractivity contribution in [1.82, 2.24) is 0 Å². The lowest BCUT2D eigenvalue weighted by molar-refractivity contribution is -0.137. The summed E-state index contributed by atoms with van der Waals surface area (Å²) in [5.74, 6) is -1.55. The maximum absolute atomic E-state index is 12.6. The highest BCUT2D eigenvalue weighted by molar-refractivity contribution is 5.99. The number of esters is 1. The third-order valence-electron chi connectivity index (χ3n) is 2.13. The molecule has 1 aromatic carbocycles. The minimum atomic E-state index is -4.63. The van der Waals surface area contributed by atoms with Crippen molar-refractivity contribution in [2.75, 3.05) is 7.11 Å². The normalized spacial score (nSPS) is 11.1. The zero-order valence-corrected chi connectivity index (χ0v) is 9.09. The van der Waals surface area contributed by atoms with Crippen LogP contribution in [0.4, 0.5) is 13.2 Å². The van der Waals surface area contributed by atoms with Crippen molar-refractivity contribution in [3.63, 3.8) is 0 Å². The van der Waals surface area contributed by atoms with Crippen LogP contribution in [-0.2, 0) is 10.9 Å². The number of carbonyl (C=O) groups excluding carboxylic acids is 2. The Morgan fingerprint density at radius 1 is 1.24 bits per heavy atom. The van der Waals surface area contributed by atoms with Crippen LogP contribution in [0.15, 0.2) is 18.2 Å². The Hall–Kier alpha value is -1.85. The van der Waals surface area contributed by atoms with E-state index >= 15 is 0 Å². The molecule has 6 heteroatoms. The lowest BCUT2D eigenvalue weighted by Crippen LogP contribution is -2.13. The summed E-state index contributed by atoms with van der Waals surface area (Å²) in [6, 6.07) is 2.56. The maximum Gasteiger partial charge on any atom is 0.417 e. The van der Waals surface area contributed by atoms with Crippen LogP contribution in [0.5, 0.6) is 0 Å². The lowest BCUT2D eigenvalue weighted by atomic mass is 10.0. The van der Waals surface area contributed by atoms with Gasteiger partial charge >= 0.3 is 12.1 Å². The number of ether oxygens (including phenoxy) is 1. The predicted molar refractivity (Wildman–Crippen MR) is 52.8 cm³/mol. The van der Waals surface area contributed by atoms with Gasteiger partial charge in [-0.05, 0) is 25.1 Å². The van der Waals surface area contributed by atoms with Gasteiger partial charge in [-0.2, -0.15) is 13.2 Å². The minimum Gasteiger partial charge on any atom is -0.465 e. The molecular formula is C11H9F3O3. The Kier molecular flexibility index (Phi) is 3.55. The van der Waals surface area contributed by atoms with Gasteiger partial charge in [0.15, 0.2) is 5.78 Å². The molecule has 0 aliphatic rings. The highest BCUT2D eigenvalue weighted by Crippen LogP contribution is 2.32. The number of rotatable bonds is 2. The molecule has 92 valence electrons. The molecule has 0 heterocycles. The summed E-state index contributed by atoms with van der Waals surface area (Å²) in [6.07, 6.45) is -4.63. The molecule has 0 amide bonds. The number of benzene rings is 1. The Morgan fingerprint density at radius 3 is 2.24 bits per heavy atom. The number of methoxy groups -OCH3 is 1. The Balaban J connectivity index is 3.37. The van der Waals surface area contributed by atoms with E-state index in [-0.39, 0.29) is 5.56 Å². The van der Waals surface area contributed by atoms with Crippen molar-refractivity contribution in [3.8, 4) is 0 Å². The molecule has 0 spiro atoms. The average Bonchev–Trinajstić information content (AvgIpc) is 2.25.